The van der Waals surface area contributed by atoms with Crippen LogP contribution in [0.25, 0.3) is 11.6 Å². The van der Waals surface area contributed by atoms with Crippen LogP contribution in [-0.4, -0.2) is 40.6 Å². The fourth-order valence-electron chi connectivity index (χ4n) is 4.65. The standard InChI is InChI=1S/C22H24N4O3/c27-20(10-4-9-19-24-22(25-29-19)18-8-5-11-28-18)26-14-16-12-23-13-17(16)21(26)15-6-2-1-3-7-15/h1-3,5-8,11,16-17,21,23H,4,9-10,12-14H2/t16-,17-,21+/m0/s1. The number of fused-ring (bicyclic) bond motifs is 1. The van der Waals surface area contributed by atoms with Crippen molar-refractivity contribution in [2.45, 2.75) is 25.3 Å². The molecule has 2 saturated heterocycles. The molecule has 4 heterocycles. The van der Waals surface area contributed by atoms with Crippen LogP contribution < -0.4 is 5.32 Å². The van der Waals surface area contributed by atoms with Crippen molar-refractivity contribution in [2.75, 3.05) is 19.6 Å². The average Bonchev–Trinajstić information content (AvgIpc) is 3.51. The first-order chi connectivity index (χ1) is 14.3. The van der Waals surface area contributed by atoms with E-state index in [0.717, 1.165) is 19.6 Å². The summed E-state index contributed by atoms with van der Waals surface area (Å²) in [6, 6.07) is 14.2. The van der Waals surface area contributed by atoms with Crippen LogP contribution in [0.1, 0.15) is 30.3 Å². The van der Waals surface area contributed by atoms with E-state index in [1.54, 1.807) is 18.4 Å². The van der Waals surface area contributed by atoms with Crippen molar-refractivity contribution in [3.63, 3.8) is 0 Å². The Morgan fingerprint density at radius 1 is 1.17 bits per heavy atom. The molecule has 150 valence electrons. The smallest absolute Gasteiger partial charge is 0.238 e. The summed E-state index contributed by atoms with van der Waals surface area (Å²) in [5, 5.41) is 7.43. The number of benzene rings is 1. The number of likely N-dealkylation sites (tertiary alicyclic amines) is 1. The number of nitrogens with zero attached hydrogens (tertiary/aromatic N) is 3. The normalized spacial score (nSPS) is 23.4. The summed E-state index contributed by atoms with van der Waals surface area (Å²) in [5.74, 6) is 2.80. The van der Waals surface area contributed by atoms with Crippen molar-refractivity contribution in [3.05, 3.63) is 60.2 Å². The quantitative estimate of drug-likeness (QED) is 0.694. The van der Waals surface area contributed by atoms with Crippen molar-refractivity contribution in [3.8, 4) is 11.6 Å². The molecule has 0 unspecified atom stereocenters. The summed E-state index contributed by atoms with van der Waals surface area (Å²) in [6.07, 6.45) is 3.32. The Morgan fingerprint density at radius 3 is 2.90 bits per heavy atom. The molecule has 2 aliphatic heterocycles. The van der Waals surface area contributed by atoms with Crippen molar-refractivity contribution in [1.82, 2.24) is 20.4 Å². The van der Waals surface area contributed by atoms with Gasteiger partial charge in [0.2, 0.25) is 17.6 Å². The van der Waals surface area contributed by atoms with Crippen molar-refractivity contribution >= 4 is 5.91 Å². The Morgan fingerprint density at radius 2 is 2.07 bits per heavy atom. The first kappa shape index (κ1) is 18.1. The highest BCUT2D eigenvalue weighted by molar-refractivity contribution is 5.77. The van der Waals surface area contributed by atoms with E-state index in [9.17, 15) is 4.79 Å². The molecule has 7 heteroatoms. The van der Waals surface area contributed by atoms with E-state index in [4.69, 9.17) is 8.94 Å². The third-order valence-electron chi connectivity index (χ3n) is 6.02. The topological polar surface area (TPSA) is 84.4 Å². The third kappa shape index (κ3) is 3.58. The molecule has 2 fully saturated rings. The summed E-state index contributed by atoms with van der Waals surface area (Å²) < 4.78 is 10.6. The Kier molecular flexibility index (Phi) is 4.89. The number of amides is 1. The minimum Gasteiger partial charge on any atom is -0.461 e. The number of hydrogen-bond acceptors (Lipinski definition) is 6. The number of furan rings is 1. The molecule has 1 amide bonds. The van der Waals surface area contributed by atoms with Gasteiger partial charge in [-0.15, -0.1) is 0 Å². The molecular weight excluding hydrogens is 368 g/mol. The molecule has 1 N–H and O–H groups in total. The first-order valence-electron chi connectivity index (χ1n) is 10.2. The van der Waals surface area contributed by atoms with Gasteiger partial charge in [0.1, 0.15) is 0 Å². The molecule has 3 atom stereocenters. The van der Waals surface area contributed by atoms with Crippen LogP contribution in [0.3, 0.4) is 0 Å². The Balaban J connectivity index is 1.22. The summed E-state index contributed by atoms with van der Waals surface area (Å²) in [4.78, 5) is 19.5. The number of aromatic nitrogens is 2. The van der Waals surface area contributed by atoms with Gasteiger partial charge in [-0.3, -0.25) is 4.79 Å². The lowest BCUT2D eigenvalue weighted by Gasteiger charge is -2.28. The van der Waals surface area contributed by atoms with Gasteiger partial charge in [-0.05, 0) is 30.0 Å². The summed E-state index contributed by atoms with van der Waals surface area (Å²) in [6.45, 7) is 2.81. The molecule has 5 rings (SSSR count). The molecule has 0 spiro atoms. The molecule has 2 aliphatic rings. The highest BCUT2D eigenvalue weighted by Crippen LogP contribution is 2.42. The van der Waals surface area contributed by atoms with Gasteiger partial charge in [0.05, 0.1) is 12.3 Å². The minimum absolute atomic E-state index is 0.164. The van der Waals surface area contributed by atoms with Gasteiger partial charge in [0, 0.05) is 38.4 Å². The Hall–Kier alpha value is -2.93. The number of aryl methyl sites for hydroxylation is 1. The van der Waals surface area contributed by atoms with Crippen LogP contribution in [0.2, 0.25) is 0 Å². The van der Waals surface area contributed by atoms with Gasteiger partial charge in [-0.2, -0.15) is 4.98 Å². The third-order valence-corrected chi connectivity index (χ3v) is 6.02. The van der Waals surface area contributed by atoms with Gasteiger partial charge in [-0.1, -0.05) is 35.5 Å². The van der Waals surface area contributed by atoms with Gasteiger partial charge >= 0.3 is 0 Å². The fraction of sp³-hybridized carbons (Fsp3) is 0.409. The molecule has 7 nitrogen and oxygen atoms in total. The predicted octanol–water partition coefficient (Wildman–Crippen LogP) is 3.07. The summed E-state index contributed by atoms with van der Waals surface area (Å²) in [5.41, 5.74) is 1.23. The molecule has 1 aromatic carbocycles. The van der Waals surface area contributed by atoms with Crippen LogP contribution >= 0.6 is 0 Å². The Bertz CT molecular complexity index is 954. The van der Waals surface area contributed by atoms with Crippen LogP contribution in [0, 0.1) is 11.8 Å². The molecule has 0 aliphatic carbocycles. The van der Waals surface area contributed by atoms with Crippen LogP contribution in [0.15, 0.2) is 57.7 Å². The van der Waals surface area contributed by atoms with Gasteiger partial charge in [0.25, 0.3) is 0 Å². The SMILES string of the molecule is O=C(CCCc1nc(-c2ccco2)no1)N1C[C@@H]2CNC[C@@H]2[C@H]1c1ccccc1. The van der Waals surface area contributed by atoms with Gasteiger partial charge in [-0.25, -0.2) is 0 Å². The maximum absolute atomic E-state index is 13.1. The van der Waals surface area contributed by atoms with Crippen molar-refractivity contribution in [1.29, 1.82) is 0 Å². The zero-order chi connectivity index (χ0) is 19.6. The van der Waals surface area contributed by atoms with E-state index in [1.807, 2.05) is 6.07 Å². The van der Waals surface area contributed by atoms with Gasteiger partial charge in [0.15, 0.2) is 5.76 Å². The van der Waals surface area contributed by atoms with E-state index in [2.05, 4.69) is 44.6 Å². The minimum atomic E-state index is 0.164. The second-order valence-electron chi connectivity index (χ2n) is 7.83. The second-order valence-corrected chi connectivity index (χ2v) is 7.83. The average molecular weight is 392 g/mol. The highest BCUT2D eigenvalue weighted by Gasteiger charge is 2.46. The lowest BCUT2D eigenvalue weighted by molar-refractivity contribution is -0.132. The molecule has 2 aromatic heterocycles. The zero-order valence-corrected chi connectivity index (χ0v) is 16.2. The largest absolute Gasteiger partial charge is 0.461 e. The number of rotatable bonds is 6. The summed E-state index contributed by atoms with van der Waals surface area (Å²) >= 11 is 0. The van der Waals surface area contributed by atoms with E-state index in [-0.39, 0.29) is 11.9 Å². The second kappa shape index (κ2) is 7.83. The molecule has 0 radical (unpaired) electrons. The number of carbonyl (C=O) groups is 1. The van der Waals surface area contributed by atoms with Crippen LogP contribution in [0.5, 0.6) is 0 Å². The molecule has 29 heavy (non-hydrogen) atoms. The van der Waals surface area contributed by atoms with E-state index in [1.165, 1.54) is 5.56 Å². The molecule has 0 saturated carbocycles. The molecular formula is C22H24N4O3. The zero-order valence-electron chi connectivity index (χ0n) is 16.2. The fourth-order valence-corrected chi connectivity index (χ4v) is 4.65. The van der Waals surface area contributed by atoms with Crippen LogP contribution in [0.4, 0.5) is 0 Å². The summed E-state index contributed by atoms with van der Waals surface area (Å²) in [7, 11) is 0. The Labute approximate surface area is 169 Å². The number of nitrogens with one attached hydrogen (secondary N) is 1. The van der Waals surface area contributed by atoms with Crippen LogP contribution in [-0.2, 0) is 11.2 Å². The van der Waals surface area contributed by atoms with E-state index < -0.39 is 0 Å². The maximum atomic E-state index is 13.1. The van der Waals surface area contributed by atoms with Crippen molar-refractivity contribution in [2.24, 2.45) is 11.8 Å². The number of carbonyl (C=O) groups excluding carboxylic acids is 1. The van der Waals surface area contributed by atoms with Gasteiger partial charge < -0.3 is 19.2 Å². The highest BCUT2D eigenvalue weighted by atomic mass is 16.5. The first-order valence-corrected chi connectivity index (χ1v) is 10.2. The van der Waals surface area contributed by atoms with E-state index in [0.29, 0.717) is 48.6 Å². The number of hydrogen-bond donors (Lipinski definition) is 1. The van der Waals surface area contributed by atoms with Crippen molar-refractivity contribution < 1.29 is 13.7 Å². The lowest BCUT2D eigenvalue weighted by atomic mass is 9.89. The molecule has 0 bridgehead atoms. The monoisotopic (exact) mass is 392 g/mol. The maximum Gasteiger partial charge on any atom is 0.238 e. The molecule has 3 aromatic rings. The predicted molar refractivity (Wildman–Crippen MR) is 106 cm³/mol. The lowest BCUT2D eigenvalue weighted by Crippen LogP contribution is -2.34. The van der Waals surface area contributed by atoms with E-state index >= 15 is 0 Å².